The number of aromatic nitrogens is 1. The molecule has 4 rings (SSSR count). The molecule has 3 aromatic carbocycles. The van der Waals surface area contributed by atoms with E-state index in [1.165, 1.54) is 27.5 Å². The summed E-state index contributed by atoms with van der Waals surface area (Å²) in [5.74, 6) is -0.00304. The van der Waals surface area contributed by atoms with Crippen LogP contribution in [0.2, 0.25) is 0 Å². The maximum atomic E-state index is 12.5. The predicted molar refractivity (Wildman–Crippen MR) is 122 cm³/mol. The summed E-state index contributed by atoms with van der Waals surface area (Å²) in [6.07, 6.45) is 1.14. The highest BCUT2D eigenvalue weighted by atomic mass is 32.1. The van der Waals surface area contributed by atoms with E-state index in [0.29, 0.717) is 6.42 Å². The minimum atomic E-state index is -0.00304. The van der Waals surface area contributed by atoms with Crippen molar-refractivity contribution in [1.29, 1.82) is 0 Å². The Morgan fingerprint density at radius 1 is 0.966 bits per heavy atom. The van der Waals surface area contributed by atoms with Crippen LogP contribution in [-0.4, -0.2) is 10.9 Å². The van der Waals surface area contributed by atoms with Crippen LogP contribution in [0.4, 0.5) is 5.69 Å². The number of nitrogens with one attached hydrogen (secondary N) is 1. The summed E-state index contributed by atoms with van der Waals surface area (Å²) in [4.78, 5) is 18.3. The van der Waals surface area contributed by atoms with Crippen LogP contribution in [0, 0.1) is 20.8 Å². The van der Waals surface area contributed by atoms with Gasteiger partial charge in [-0.2, -0.15) is 0 Å². The van der Waals surface area contributed by atoms with E-state index in [4.69, 9.17) is 4.98 Å². The monoisotopic (exact) mass is 400 g/mol. The first-order valence-corrected chi connectivity index (χ1v) is 10.6. The van der Waals surface area contributed by atoms with Crippen LogP contribution in [0.25, 0.3) is 10.8 Å². The molecule has 0 radical (unpaired) electrons. The lowest BCUT2D eigenvalue weighted by Gasteiger charge is -2.07. The van der Waals surface area contributed by atoms with Gasteiger partial charge in [0.15, 0.2) is 0 Å². The van der Waals surface area contributed by atoms with Crippen LogP contribution in [0.5, 0.6) is 0 Å². The molecule has 29 heavy (non-hydrogen) atoms. The maximum Gasteiger partial charge on any atom is 0.229 e. The van der Waals surface area contributed by atoms with Crippen LogP contribution in [-0.2, 0) is 17.6 Å². The highest BCUT2D eigenvalue weighted by Gasteiger charge is 2.13. The number of carbonyl (C=O) groups excluding carboxylic acids is 1. The second kappa shape index (κ2) is 8.18. The Balaban J connectivity index is 1.49. The molecular formula is C25H24N2OS. The van der Waals surface area contributed by atoms with Gasteiger partial charge in [0.1, 0.15) is 0 Å². The third kappa shape index (κ3) is 4.38. The van der Waals surface area contributed by atoms with Crippen LogP contribution in [0.15, 0.2) is 60.7 Å². The normalized spacial score (nSPS) is 11.0. The lowest BCUT2D eigenvalue weighted by atomic mass is 10.0. The van der Waals surface area contributed by atoms with Crippen molar-refractivity contribution in [2.45, 2.75) is 33.6 Å². The molecule has 0 atom stereocenters. The fourth-order valence-electron chi connectivity index (χ4n) is 3.51. The quantitative estimate of drug-likeness (QED) is 0.447. The number of fused-ring (bicyclic) bond motifs is 1. The summed E-state index contributed by atoms with van der Waals surface area (Å²) in [5, 5.41) is 6.56. The van der Waals surface area contributed by atoms with Gasteiger partial charge in [-0.05, 0) is 60.4 Å². The average Bonchev–Trinajstić information content (AvgIpc) is 3.04. The van der Waals surface area contributed by atoms with Crippen molar-refractivity contribution >= 4 is 33.7 Å². The number of aryl methyl sites for hydroxylation is 3. The molecule has 1 heterocycles. The second-order valence-corrected chi connectivity index (χ2v) is 8.62. The molecule has 4 heteroatoms. The minimum absolute atomic E-state index is 0.00304. The highest BCUT2D eigenvalue weighted by Crippen LogP contribution is 2.26. The molecule has 146 valence electrons. The summed E-state index contributed by atoms with van der Waals surface area (Å²) in [5.41, 5.74) is 5.45. The molecule has 0 aliphatic carbocycles. The first-order chi connectivity index (χ1) is 14.0. The molecule has 1 amide bonds. The Kier molecular flexibility index (Phi) is 5.45. The number of hydrogen-bond acceptors (Lipinski definition) is 3. The summed E-state index contributed by atoms with van der Waals surface area (Å²) in [6.45, 7) is 6.11. The Bertz CT molecular complexity index is 1190. The van der Waals surface area contributed by atoms with Gasteiger partial charge in [0.25, 0.3) is 0 Å². The van der Waals surface area contributed by atoms with Gasteiger partial charge in [-0.3, -0.25) is 4.79 Å². The number of thiazole rings is 1. The lowest BCUT2D eigenvalue weighted by molar-refractivity contribution is -0.115. The zero-order valence-electron chi connectivity index (χ0n) is 17.0. The third-order valence-electron chi connectivity index (χ3n) is 5.27. The topological polar surface area (TPSA) is 42.0 Å². The van der Waals surface area contributed by atoms with Gasteiger partial charge >= 0.3 is 0 Å². The molecule has 0 bridgehead atoms. The fourth-order valence-corrected chi connectivity index (χ4v) is 4.60. The summed E-state index contributed by atoms with van der Waals surface area (Å²) < 4.78 is 0. The molecule has 0 saturated carbocycles. The zero-order chi connectivity index (χ0) is 20.4. The number of benzene rings is 3. The van der Waals surface area contributed by atoms with Crippen LogP contribution in [0.1, 0.15) is 32.3 Å². The van der Waals surface area contributed by atoms with Gasteiger partial charge in [-0.25, -0.2) is 4.98 Å². The first-order valence-electron chi connectivity index (χ1n) is 9.78. The van der Waals surface area contributed by atoms with E-state index in [9.17, 15) is 4.79 Å². The number of anilines is 1. The molecule has 0 aliphatic heterocycles. The summed E-state index contributed by atoms with van der Waals surface area (Å²) in [7, 11) is 0. The van der Waals surface area contributed by atoms with E-state index in [-0.39, 0.29) is 5.91 Å². The Morgan fingerprint density at radius 2 is 1.76 bits per heavy atom. The smallest absolute Gasteiger partial charge is 0.229 e. The van der Waals surface area contributed by atoms with Gasteiger partial charge < -0.3 is 5.32 Å². The molecule has 1 N–H and O–H groups in total. The number of rotatable bonds is 5. The Labute approximate surface area is 175 Å². The van der Waals surface area contributed by atoms with Crippen LogP contribution in [0.3, 0.4) is 0 Å². The summed E-state index contributed by atoms with van der Waals surface area (Å²) >= 11 is 1.64. The molecule has 0 saturated heterocycles. The molecular weight excluding hydrogens is 376 g/mol. The average molecular weight is 401 g/mol. The SMILES string of the molecule is Cc1ccc(NC(=O)Cc2sc(Cc3cccc4ccccc34)nc2C)cc1C. The Morgan fingerprint density at radius 3 is 2.59 bits per heavy atom. The standard InChI is InChI=1S/C25H24N2OS/c1-16-11-12-21(13-17(16)2)27-24(28)15-23-18(3)26-25(29-23)14-20-9-6-8-19-7-4-5-10-22(19)20/h4-13H,14-15H2,1-3H3,(H,27,28). The number of nitrogens with zero attached hydrogens (tertiary/aromatic N) is 1. The fraction of sp³-hybridized carbons (Fsp3) is 0.200. The molecule has 1 aromatic heterocycles. The third-order valence-corrected chi connectivity index (χ3v) is 6.43. The van der Waals surface area contributed by atoms with Gasteiger partial charge in [0, 0.05) is 17.0 Å². The molecule has 0 fully saturated rings. The van der Waals surface area contributed by atoms with Crippen LogP contribution < -0.4 is 5.32 Å². The van der Waals surface area contributed by atoms with Crippen molar-refractivity contribution in [3.8, 4) is 0 Å². The summed E-state index contributed by atoms with van der Waals surface area (Å²) in [6, 6.07) is 20.8. The first kappa shape index (κ1) is 19.3. The van der Waals surface area contributed by atoms with Crippen molar-refractivity contribution in [3.05, 3.63) is 92.9 Å². The molecule has 0 aliphatic rings. The van der Waals surface area contributed by atoms with Gasteiger partial charge in [-0.15, -0.1) is 11.3 Å². The Hall–Kier alpha value is -2.98. The van der Waals surface area contributed by atoms with E-state index in [1.807, 2.05) is 25.1 Å². The maximum absolute atomic E-state index is 12.5. The van der Waals surface area contributed by atoms with Gasteiger partial charge in [0.2, 0.25) is 5.91 Å². The van der Waals surface area contributed by atoms with E-state index in [1.54, 1.807) is 11.3 Å². The number of amides is 1. The zero-order valence-corrected chi connectivity index (χ0v) is 17.8. The highest BCUT2D eigenvalue weighted by molar-refractivity contribution is 7.11. The van der Waals surface area contributed by atoms with Crippen molar-refractivity contribution in [2.75, 3.05) is 5.32 Å². The minimum Gasteiger partial charge on any atom is -0.326 e. The molecule has 0 unspecified atom stereocenters. The number of hydrogen-bond donors (Lipinski definition) is 1. The molecule has 3 nitrogen and oxygen atoms in total. The van der Waals surface area contributed by atoms with Crippen molar-refractivity contribution in [1.82, 2.24) is 4.98 Å². The van der Waals surface area contributed by atoms with Crippen LogP contribution >= 0.6 is 11.3 Å². The van der Waals surface area contributed by atoms with Gasteiger partial charge in [-0.1, -0.05) is 48.5 Å². The number of carbonyl (C=O) groups is 1. The van der Waals surface area contributed by atoms with E-state index in [2.05, 4.69) is 61.6 Å². The molecule has 0 spiro atoms. The van der Waals surface area contributed by atoms with Gasteiger partial charge in [0.05, 0.1) is 17.1 Å². The predicted octanol–water partition coefficient (Wildman–Crippen LogP) is 5.99. The van der Waals surface area contributed by atoms with E-state index < -0.39 is 0 Å². The van der Waals surface area contributed by atoms with Crippen molar-refractivity contribution in [3.63, 3.8) is 0 Å². The van der Waals surface area contributed by atoms with E-state index >= 15 is 0 Å². The molecule has 4 aromatic rings. The van der Waals surface area contributed by atoms with Crippen molar-refractivity contribution < 1.29 is 4.79 Å². The van der Waals surface area contributed by atoms with E-state index in [0.717, 1.165) is 27.7 Å². The van der Waals surface area contributed by atoms with Crippen molar-refractivity contribution in [2.24, 2.45) is 0 Å². The lowest BCUT2D eigenvalue weighted by Crippen LogP contribution is -2.14. The largest absolute Gasteiger partial charge is 0.326 e. The second-order valence-electron chi connectivity index (χ2n) is 7.46.